The van der Waals surface area contributed by atoms with Crippen LogP contribution < -0.4 is 5.32 Å². The molecule has 20 heavy (non-hydrogen) atoms. The van der Waals surface area contributed by atoms with Gasteiger partial charge in [-0.15, -0.1) is 0 Å². The Hall–Kier alpha value is -1.02. The number of phenolic OH excluding ortho intramolecular Hbond substituents is 1. The van der Waals surface area contributed by atoms with Gasteiger partial charge < -0.3 is 10.4 Å². The molecule has 1 aliphatic carbocycles. The van der Waals surface area contributed by atoms with Crippen LogP contribution in [0.3, 0.4) is 0 Å². The summed E-state index contributed by atoms with van der Waals surface area (Å²) in [6.07, 6.45) is 3.77. The Kier molecular flexibility index (Phi) is 4.15. The first-order valence-electron chi connectivity index (χ1n) is 7.72. The number of aromatic hydroxyl groups is 1. The van der Waals surface area contributed by atoms with Gasteiger partial charge in [-0.05, 0) is 54.7 Å². The smallest absolute Gasteiger partial charge is 0.115 e. The maximum Gasteiger partial charge on any atom is 0.115 e. The van der Waals surface area contributed by atoms with Gasteiger partial charge in [0, 0.05) is 12.1 Å². The van der Waals surface area contributed by atoms with E-state index in [-0.39, 0.29) is 0 Å². The fourth-order valence-electron chi connectivity index (χ4n) is 4.18. The van der Waals surface area contributed by atoms with E-state index < -0.39 is 0 Å². The molecular formula is C18H29NO. The van der Waals surface area contributed by atoms with E-state index in [1.807, 2.05) is 12.1 Å². The second kappa shape index (κ2) is 5.40. The Morgan fingerprint density at radius 1 is 1.05 bits per heavy atom. The first-order chi connectivity index (χ1) is 9.17. The van der Waals surface area contributed by atoms with Crippen molar-refractivity contribution in [3.05, 3.63) is 29.8 Å². The molecule has 0 radical (unpaired) electrons. The van der Waals surface area contributed by atoms with Gasteiger partial charge in [0.1, 0.15) is 5.75 Å². The quantitative estimate of drug-likeness (QED) is 0.841. The van der Waals surface area contributed by atoms with Crippen molar-refractivity contribution in [1.82, 2.24) is 5.32 Å². The molecule has 0 bridgehead atoms. The summed E-state index contributed by atoms with van der Waals surface area (Å²) in [6, 6.07) is 8.44. The third-order valence-corrected chi connectivity index (χ3v) is 4.43. The molecule has 1 unspecified atom stereocenters. The van der Waals surface area contributed by atoms with Crippen molar-refractivity contribution in [2.24, 2.45) is 10.8 Å². The van der Waals surface area contributed by atoms with Crippen LogP contribution in [0.5, 0.6) is 5.75 Å². The van der Waals surface area contributed by atoms with E-state index in [2.05, 4.69) is 39.9 Å². The van der Waals surface area contributed by atoms with Crippen LogP contribution in [0.25, 0.3) is 0 Å². The van der Waals surface area contributed by atoms with Gasteiger partial charge in [-0.2, -0.15) is 0 Å². The average Bonchev–Trinajstić information content (AvgIpc) is 2.25. The zero-order valence-corrected chi connectivity index (χ0v) is 13.5. The normalized spacial score (nSPS) is 23.4. The number of hydrogen-bond acceptors (Lipinski definition) is 2. The van der Waals surface area contributed by atoms with E-state index in [0.29, 0.717) is 28.7 Å². The van der Waals surface area contributed by atoms with Crippen molar-refractivity contribution >= 4 is 0 Å². The second-order valence-corrected chi connectivity index (χ2v) is 8.09. The van der Waals surface area contributed by atoms with Crippen molar-refractivity contribution in [3.8, 4) is 5.75 Å². The lowest BCUT2D eigenvalue weighted by Crippen LogP contribution is -2.44. The molecule has 0 amide bonds. The van der Waals surface area contributed by atoms with E-state index in [1.54, 1.807) is 12.1 Å². The van der Waals surface area contributed by atoms with Gasteiger partial charge in [-0.25, -0.2) is 0 Å². The largest absolute Gasteiger partial charge is 0.508 e. The predicted octanol–water partition coefficient (Wildman–Crippen LogP) is 4.65. The maximum absolute atomic E-state index is 9.38. The van der Waals surface area contributed by atoms with Crippen LogP contribution in [0.15, 0.2) is 24.3 Å². The minimum Gasteiger partial charge on any atom is -0.508 e. The highest BCUT2D eigenvalue weighted by Gasteiger charge is 2.38. The zero-order chi connectivity index (χ0) is 15.0. The molecule has 1 saturated carbocycles. The van der Waals surface area contributed by atoms with Crippen molar-refractivity contribution in [2.45, 2.75) is 66.0 Å². The summed E-state index contributed by atoms with van der Waals surface area (Å²) in [6.45, 7) is 11.7. The lowest BCUT2D eigenvalue weighted by molar-refractivity contribution is 0.0811. The average molecular weight is 275 g/mol. The van der Waals surface area contributed by atoms with Crippen LogP contribution >= 0.6 is 0 Å². The van der Waals surface area contributed by atoms with Crippen LogP contribution in [-0.2, 0) is 0 Å². The molecule has 2 N–H and O–H groups in total. The summed E-state index contributed by atoms with van der Waals surface area (Å²) in [4.78, 5) is 0. The van der Waals surface area contributed by atoms with E-state index in [0.717, 1.165) is 0 Å². The summed E-state index contributed by atoms with van der Waals surface area (Å²) in [5.74, 6) is 0.334. The first kappa shape index (κ1) is 15.4. The molecule has 1 atom stereocenters. The van der Waals surface area contributed by atoms with Crippen molar-refractivity contribution < 1.29 is 5.11 Å². The summed E-state index contributed by atoms with van der Waals surface area (Å²) in [5.41, 5.74) is 2.06. The molecule has 112 valence electrons. The molecule has 1 fully saturated rings. The molecular weight excluding hydrogens is 246 g/mol. The van der Waals surface area contributed by atoms with Gasteiger partial charge in [-0.1, -0.05) is 39.8 Å². The highest BCUT2D eigenvalue weighted by molar-refractivity contribution is 5.27. The van der Waals surface area contributed by atoms with Gasteiger partial charge >= 0.3 is 0 Å². The Morgan fingerprint density at radius 3 is 2.05 bits per heavy atom. The third-order valence-electron chi connectivity index (χ3n) is 4.43. The molecule has 1 aromatic carbocycles. The molecule has 2 nitrogen and oxygen atoms in total. The Morgan fingerprint density at radius 2 is 1.55 bits per heavy atom. The Balaban J connectivity index is 2.03. The molecule has 0 heterocycles. The standard InChI is InChI=1S/C18H29NO/c1-13(14-6-8-16(20)9-7-14)19-15-10-17(2,3)12-18(4,5)11-15/h6-9,13,15,19-20H,10-12H2,1-5H3. The summed E-state index contributed by atoms with van der Waals surface area (Å²) < 4.78 is 0. The minimum absolute atomic E-state index is 0.324. The van der Waals surface area contributed by atoms with Crippen molar-refractivity contribution in [3.63, 3.8) is 0 Å². The van der Waals surface area contributed by atoms with E-state index >= 15 is 0 Å². The minimum atomic E-state index is 0.324. The predicted molar refractivity (Wildman–Crippen MR) is 84.9 cm³/mol. The maximum atomic E-state index is 9.38. The van der Waals surface area contributed by atoms with Gasteiger partial charge in [-0.3, -0.25) is 0 Å². The summed E-state index contributed by atoms with van der Waals surface area (Å²) >= 11 is 0. The highest BCUT2D eigenvalue weighted by atomic mass is 16.3. The van der Waals surface area contributed by atoms with Crippen LogP contribution in [-0.4, -0.2) is 11.1 Å². The molecule has 0 saturated heterocycles. The zero-order valence-electron chi connectivity index (χ0n) is 13.5. The summed E-state index contributed by atoms with van der Waals surface area (Å²) in [5, 5.41) is 13.2. The number of benzene rings is 1. The van der Waals surface area contributed by atoms with Crippen molar-refractivity contribution in [2.75, 3.05) is 0 Å². The third kappa shape index (κ3) is 3.99. The van der Waals surface area contributed by atoms with Crippen LogP contribution in [0.4, 0.5) is 0 Å². The van der Waals surface area contributed by atoms with E-state index in [1.165, 1.54) is 24.8 Å². The number of nitrogens with one attached hydrogen (secondary N) is 1. The SMILES string of the molecule is CC(NC1CC(C)(C)CC(C)(C)C1)c1ccc(O)cc1. The lowest BCUT2D eigenvalue weighted by Gasteiger charge is -2.46. The van der Waals surface area contributed by atoms with Gasteiger partial charge in [0.15, 0.2) is 0 Å². The molecule has 1 aromatic rings. The van der Waals surface area contributed by atoms with E-state index in [4.69, 9.17) is 0 Å². The fraction of sp³-hybridized carbons (Fsp3) is 0.667. The molecule has 2 rings (SSSR count). The van der Waals surface area contributed by atoms with Gasteiger partial charge in [0.05, 0.1) is 0 Å². The number of phenols is 1. The molecule has 0 aromatic heterocycles. The highest BCUT2D eigenvalue weighted by Crippen LogP contribution is 2.46. The van der Waals surface area contributed by atoms with Crippen LogP contribution in [0, 0.1) is 10.8 Å². The summed E-state index contributed by atoms with van der Waals surface area (Å²) in [7, 11) is 0. The van der Waals surface area contributed by atoms with Gasteiger partial charge in [0.2, 0.25) is 0 Å². The second-order valence-electron chi connectivity index (χ2n) is 8.09. The van der Waals surface area contributed by atoms with Crippen LogP contribution in [0.2, 0.25) is 0 Å². The number of rotatable bonds is 3. The van der Waals surface area contributed by atoms with E-state index in [9.17, 15) is 5.11 Å². The lowest BCUT2D eigenvalue weighted by atomic mass is 9.63. The van der Waals surface area contributed by atoms with Gasteiger partial charge in [0.25, 0.3) is 0 Å². The number of hydrogen-bond donors (Lipinski definition) is 2. The molecule has 2 heteroatoms. The Labute approximate surface area is 123 Å². The Bertz CT molecular complexity index is 431. The monoisotopic (exact) mass is 275 g/mol. The fourth-order valence-corrected chi connectivity index (χ4v) is 4.18. The molecule has 0 spiro atoms. The molecule has 0 aliphatic heterocycles. The topological polar surface area (TPSA) is 32.3 Å². The van der Waals surface area contributed by atoms with Crippen LogP contribution in [0.1, 0.15) is 65.5 Å². The van der Waals surface area contributed by atoms with Crippen molar-refractivity contribution in [1.29, 1.82) is 0 Å². The first-order valence-corrected chi connectivity index (χ1v) is 7.72. The molecule has 1 aliphatic rings.